The van der Waals surface area contributed by atoms with Gasteiger partial charge in [-0.25, -0.2) is 30.7 Å². The molecule has 6 nitrogen and oxygen atoms in total. The lowest BCUT2D eigenvalue weighted by Gasteiger charge is -2.07. The third kappa shape index (κ3) is 5.83. The van der Waals surface area contributed by atoms with E-state index in [1.807, 2.05) is 0 Å². The zero-order valence-corrected chi connectivity index (χ0v) is 13.8. The van der Waals surface area contributed by atoms with Crippen molar-refractivity contribution in [3.8, 4) is 0 Å². The number of halogens is 2. The molecular formula is C10H14BrFN2O4S2. The summed E-state index contributed by atoms with van der Waals surface area (Å²) < 4.78 is 63.2. The summed E-state index contributed by atoms with van der Waals surface area (Å²) in [5.41, 5.74) is 0. The molecule has 10 heteroatoms. The van der Waals surface area contributed by atoms with Gasteiger partial charge in [-0.3, -0.25) is 0 Å². The fourth-order valence-electron chi connectivity index (χ4n) is 1.28. The Kier molecular flexibility index (Phi) is 6.07. The van der Waals surface area contributed by atoms with E-state index in [4.69, 9.17) is 0 Å². The minimum atomic E-state index is -3.80. The highest BCUT2D eigenvalue weighted by atomic mass is 79.9. The van der Waals surface area contributed by atoms with Gasteiger partial charge in [0.1, 0.15) is 5.82 Å². The van der Waals surface area contributed by atoms with Gasteiger partial charge in [-0.1, -0.05) is 0 Å². The van der Waals surface area contributed by atoms with Crippen LogP contribution in [-0.2, 0) is 20.0 Å². The summed E-state index contributed by atoms with van der Waals surface area (Å²) in [7, 11) is -7.09. The molecule has 1 aromatic carbocycles. The van der Waals surface area contributed by atoms with Gasteiger partial charge < -0.3 is 0 Å². The Morgan fingerprint density at radius 2 is 1.75 bits per heavy atom. The summed E-state index contributed by atoms with van der Waals surface area (Å²) in [5.74, 6) is -0.674. The van der Waals surface area contributed by atoms with E-state index in [0.717, 1.165) is 12.3 Å². The predicted molar refractivity (Wildman–Crippen MR) is 76.8 cm³/mol. The Morgan fingerprint density at radius 3 is 2.30 bits per heavy atom. The van der Waals surface area contributed by atoms with Crippen LogP contribution in [0.1, 0.15) is 6.42 Å². The first kappa shape index (κ1) is 17.5. The van der Waals surface area contributed by atoms with Crippen LogP contribution in [0.15, 0.2) is 27.6 Å². The lowest BCUT2D eigenvalue weighted by atomic mass is 10.3. The first-order valence-electron chi connectivity index (χ1n) is 5.51. The summed E-state index contributed by atoms with van der Waals surface area (Å²) in [6.45, 7) is 0.165. The highest BCUT2D eigenvalue weighted by Crippen LogP contribution is 2.19. The molecule has 0 aliphatic carbocycles. The second-order valence-corrected chi connectivity index (χ2v) is 8.45. The van der Waals surface area contributed by atoms with E-state index in [0.29, 0.717) is 0 Å². The molecule has 114 valence electrons. The van der Waals surface area contributed by atoms with Crippen LogP contribution in [0.3, 0.4) is 0 Å². The van der Waals surface area contributed by atoms with Crippen LogP contribution in [0.2, 0.25) is 0 Å². The van der Waals surface area contributed by atoms with Crippen molar-refractivity contribution in [3.63, 3.8) is 0 Å². The van der Waals surface area contributed by atoms with Crippen molar-refractivity contribution in [1.29, 1.82) is 0 Å². The molecule has 0 aliphatic heterocycles. The molecule has 0 spiro atoms. The minimum Gasteiger partial charge on any atom is -0.215 e. The van der Waals surface area contributed by atoms with Gasteiger partial charge in [0.25, 0.3) is 0 Å². The molecule has 0 fully saturated rings. The van der Waals surface area contributed by atoms with E-state index in [1.54, 1.807) is 0 Å². The number of hydrogen-bond acceptors (Lipinski definition) is 4. The Hall–Kier alpha value is -0.550. The molecule has 0 heterocycles. The average molecular weight is 389 g/mol. The van der Waals surface area contributed by atoms with E-state index < -0.39 is 25.9 Å². The van der Waals surface area contributed by atoms with Crippen LogP contribution >= 0.6 is 15.9 Å². The lowest BCUT2D eigenvalue weighted by molar-refractivity contribution is 0.571. The molecule has 0 aromatic heterocycles. The van der Waals surface area contributed by atoms with Crippen LogP contribution in [0.5, 0.6) is 0 Å². The van der Waals surface area contributed by atoms with Crippen molar-refractivity contribution in [2.75, 3.05) is 19.3 Å². The monoisotopic (exact) mass is 388 g/mol. The maximum absolute atomic E-state index is 13.3. The zero-order valence-electron chi connectivity index (χ0n) is 10.6. The summed E-state index contributed by atoms with van der Waals surface area (Å²) in [4.78, 5) is -0.186. The fraction of sp³-hybridized carbons (Fsp3) is 0.400. The Bertz CT molecular complexity index is 676. The van der Waals surface area contributed by atoms with Crippen molar-refractivity contribution in [1.82, 2.24) is 9.44 Å². The van der Waals surface area contributed by atoms with E-state index in [-0.39, 0.29) is 28.9 Å². The van der Waals surface area contributed by atoms with Crippen molar-refractivity contribution < 1.29 is 21.2 Å². The molecule has 0 aliphatic rings. The Balaban J connectivity index is 2.56. The van der Waals surface area contributed by atoms with Gasteiger partial charge in [-0.05, 0) is 40.5 Å². The fourth-order valence-corrected chi connectivity index (χ4v) is 3.13. The van der Waals surface area contributed by atoms with Crippen LogP contribution in [-0.4, -0.2) is 36.2 Å². The summed E-state index contributed by atoms with van der Waals surface area (Å²) in [6, 6.07) is 3.47. The van der Waals surface area contributed by atoms with Gasteiger partial charge in [0.15, 0.2) is 0 Å². The summed E-state index contributed by atoms with van der Waals surface area (Å²) in [5, 5.41) is 0. The van der Waals surface area contributed by atoms with Crippen molar-refractivity contribution in [3.05, 3.63) is 28.5 Å². The van der Waals surface area contributed by atoms with Crippen LogP contribution < -0.4 is 9.44 Å². The molecule has 1 rings (SSSR count). The smallest absolute Gasteiger partial charge is 0.215 e. The Labute approximate surface area is 126 Å². The van der Waals surface area contributed by atoms with Gasteiger partial charge in [-0.2, -0.15) is 0 Å². The third-order valence-corrected chi connectivity index (χ3v) is 5.04. The molecule has 0 saturated carbocycles. The number of rotatable bonds is 7. The third-order valence-electron chi connectivity index (χ3n) is 2.21. The van der Waals surface area contributed by atoms with Crippen molar-refractivity contribution >= 4 is 36.0 Å². The van der Waals surface area contributed by atoms with Gasteiger partial charge in [0.2, 0.25) is 20.0 Å². The summed E-state index contributed by atoms with van der Waals surface area (Å²) in [6.07, 6.45) is 1.30. The van der Waals surface area contributed by atoms with Gasteiger partial charge in [0, 0.05) is 13.1 Å². The van der Waals surface area contributed by atoms with Crippen molar-refractivity contribution in [2.24, 2.45) is 0 Å². The van der Waals surface area contributed by atoms with Gasteiger partial charge in [-0.15, -0.1) is 0 Å². The van der Waals surface area contributed by atoms with Gasteiger partial charge in [0.05, 0.1) is 15.6 Å². The van der Waals surface area contributed by atoms with E-state index in [2.05, 4.69) is 25.4 Å². The second kappa shape index (κ2) is 6.94. The molecule has 0 radical (unpaired) electrons. The first-order valence-corrected chi connectivity index (χ1v) is 9.68. The number of hydrogen-bond donors (Lipinski definition) is 2. The van der Waals surface area contributed by atoms with Crippen molar-refractivity contribution in [2.45, 2.75) is 11.3 Å². The molecule has 2 N–H and O–H groups in total. The molecule has 20 heavy (non-hydrogen) atoms. The predicted octanol–water partition coefficient (Wildman–Crippen LogP) is 0.806. The first-order chi connectivity index (χ1) is 9.12. The molecular weight excluding hydrogens is 375 g/mol. The second-order valence-electron chi connectivity index (χ2n) is 3.99. The van der Waals surface area contributed by atoms with E-state index in [1.165, 1.54) is 12.1 Å². The standard InChI is InChI=1S/C10H14BrFN2O4S2/c1-19(15,16)13-5-2-6-14-20(17,18)8-3-4-9(11)10(12)7-8/h3-4,7,13-14H,2,5-6H2,1H3. The molecule has 0 saturated heterocycles. The van der Waals surface area contributed by atoms with Crippen LogP contribution in [0.25, 0.3) is 0 Å². The quantitative estimate of drug-likeness (QED) is 0.675. The van der Waals surface area contributed by atoms with Gasteiger partial charge >= 0.3 is 0 Å². The van der Waals surface area contributed by atoms with Crippen LogP contribution in [0, 0.1) is 5.82 Å². The Morgan fingerprint density at radius 1 is 1.15 bits per heavy atom. The number of sulfonamides is 2. The van der Waals surface area contributed by atoms with E-state index >= 15 is 0 Å². The highest BCUT2D eigenvalue weighted by Gasteiger charge is 2.15. The topological polar surface area (TPSA) is 92.3 Å². The summed E-state index contributed by atoms with van der Waals surface area (Å²) >= 11 is 2.93. The van der Waals surface area contributed by atoms with Crippen LogP contribution in [0.4, 0.5) is 4.39 Å². The molecule has 1 aromatic rings. The normalized spacial score (nSPS) is 12.6. The maximum atomic E-state index is 13.3. The zero-order chi connectivity index (χ0) is 15.4. The molecule has 0 amide bonds. The molecule has 0 bridgehead atoms. The molecule has 0 unspecified atom stereocenters. The van der Waals surface area contributed by atoms with E-state index in [9.17, 15) is 21.2 Å². The molecule has 0 atom stereocenters. The SMILES string of the molecule is CS(=O)(=O)NCCCNS(=O)(=O)c1ccc(Br)c(F)c1. The average Bonchev–Trinajstić information content (AvgIpc) is 2.30. The number of benzene rings is 1. The highest BCUT2D eigenvalue weighted by molar-refractivity contribution is 9.10. The largest absolute Gasteiger partial charge is 0.240 e. The maximum Gasteiger partial charge on any atom is 0.240 e. The lowest BCUT2D eigenvalue weighted by Crippen LogP contribution is -2.29. The number of nitrogens with one attached hydrogen (secondary N) is 2. The minimum absolute atomic E-state index is 0.0442.